The Hall–Kier alpha value is -1.09. The summed E-state index contributed by atoms with van der Waals surface area (Å²) in [6.45, 7) is 5.50. The van der Waals surface area contributed by atoms with Crippen molar-refractivity contribution in [2.75, 3.05) is 38.1 Å². The summed E-state index contributed by atoms with van der Waals surface area (Å²) < 4.78 is 0. The van der Waals surface area contributed by atoms with Gasteiger partial charge in [-0.15, -0.1) is 24.0 Å². The molecule has 2 N–H and O–H groups in total. The maximum Gasteiger partial charge on any atom is 0.191 e. The Bertz CT molecular complexity index is 674. The van der Waals surface area contributed by atoms with Gasteiger partial charge < -0.3 is 20.4 Å². The number of hydrogen-bond acceptors (Lipinski definition) is 4. The van der Waals surface area contributed by atoms with E-state index in [9.17, 15) is 0 Å². The van der Waals surface area contributed by atoms with Crippen molar-refractivity contribution in [3.05, 3.63) is 23.9 Å². The molecule has 1 saturated carbocycles. The summed E-state index contributed by atoms with van der Waals surface area (Å²) in [4.78, 5) is 14.3. The lowest BCUT2D eigenvalue weighted by molar-refractivity contribution is 0.150. The summed E-state index contributed by atoms with van der Waals surface area (Å²) in [5.41, 5.74) is 1.27. The molecule has 0 unspecified atom stereocenters. The summed E-state index contributed by atoms with van der Waals surface area (Å²) in [7, 11) is 1.87. The predicted octanol–water partition coefficient (Wildman–Crippen LogP) is 4.15. The van der Waals surface area contributed by atoms with Crippen molar-refractivity contribution >= 4 is 35.8 Å². The molecule has 2 saturated heterocycles. The number of anilines is 1. The molecule has 0 spiro atoms. The molecule has 2 aliphatic heterocycles. The highest BCUT2D eigenvalue weighted by Gasteiger charge is 2.27. The number of halogens is 1. The van der Waals surface area contributed by atoms with Crippen LogP contribution >= 0.6 is 24.0 Å². The van der Waals surface area contributed by atoms with Gasteiger partial charge >= 0.3 is 0 Å². The van der Waals surface area contributed by atoms with Gasteiger partial charge in [-0.2, -0.15) is 0 Å². The first-order valence-electron chi connectivity index (χ1n) is 12.2. The van der Waals surface area contributed by atoms with E-state index in [0.29, 0.717) is 6.04 Å². The van der Waals surface area contributed by atoms with Crippen molar-refractivity contribution in [1.82, 2.24) is 20.5 Å². The molecule has 31 heavy (non-hydrogen) atoms. The average Bonchev–Trinajstić information content (AvgIpc) is 3.19. The van der Waals surface area contributed by atoms with E-state index in [-0.39, 0.29) is 24.0 Å². The molecule has 4 rings (SSSR count). The topological polar surface area (TPSA) is 55.8 Å². The minimum absolute atomic E-state index is 0. The standard InChI is InChI=1S/C24H40N6.HI/c1-25-24(28-21-11-16-29(17-12-21)22-8-4-5-9-22)27-19-20-10-13-26-23(18-20)30-14-6-2-3-7-15-30;/h10,13,18,21-22H,2-9,11-12,14-17,19H2,1H3,(H2,25,27,28);1H. The van der Waals surface area contributed by atoms with Gasteiger partial charge in [0.1, 0.15) is 5.82 Å². The number of guanidine groups is 1. The molecular formula is C24H41IN6. The molecule has 1 aromatic heterocycles. The maximum atomic E-state index is 4.63. The van der Waals surface area contributed by atoms with Crippen molar-refractivity contribution in [2.24, 2.45) is 4.99 Å². The maximum absolute atomic E-state index is 4.63. The van der Waals surface area contributed by atoms with E-state index in [4.69, 9.17) is 0 Å². The zero-order valence-corrected chi connectivity index (χ0v) is 21.5. The molecule has 3 fully saturated rings. The van der Waals surface area contributed by atoms with E-state index in [1.54, 1.807) is 0 Å². The Morgan fingerprint density at radius 3 is 2.39 bits per heavy atom. The highest BCUT2D eigenvalue weighted by atomic mass is 127. The van der Waals surface area contributed by atoms with E-state index in [0.717, 1.165) is 37.5 Å². The number of likely N-dealkylation sites (tertiary alicyclic amines) is 1. The summed E-state index contributed by atoms with van der Waals surface area (Å²) in [6, 6.07) is 5.74. The van der Waals surface area contributed by atoms with Crippen LogP contribution in [0.5, 0.6) is 0 Å². The summed E-state index contributed by atoms with van der Waals surface area (Å²) in [5, 5.41) is 7.18. The van der Waals surface area contributed by atoms with Crippen LogP contribution < -0.4 is 15.5 Å². The SMILES string of the molecule is CN=C(NCc1ccnc(N2CCCCCC2)c1)NC1CCN(C2CCCC2)CC1.I. The van der Waals surface area contributed by atoms with E-state index in [2.05, 4.69) is 42.5 Å². The molecule has 1 aliphatic carbocycles. The molecule has 3 aliphatic rings. The van der Waals surface area contributed by atoms with Crippen molar-refractivity contribution < 1.29 is 0 Å². The first-order valence-corrected chi connectivity index (χ1v) is 12.2. The van der Waals surface area contributed by atoms with Crippen LogP contribution in [0.2, 0.25) is 0 Å². The van der Waals surface area contributed by atoms with Crippen molar-refractivity contribution in [1.29, 1.82) is 0 Å². The molecule has 0 aromatic carbocycles. The van der Waals surface area contributed by atoms with E-state index < -0.39 is 0 Å². The van der Waals surface area contributed by atoms with Gasteiger partial charge in [-0.25, -0.2) is 4.98 Å². The van der Waals surface area contributed by atoms with E-state index in [1.807, 2.05) is 13.2 Å². The van der Waals surface area contributed by atoms with Gasteiger partial charge in [0, 0.05) is 58.1 Å². The van der Waals surface area contributed by atoms with Crippen molar-refractivity contribution in [3.8, 4) is 0 Å². The van der Waals surface area contributed by atoms with Crippen LogP contribution in [-0.4, -0.2) is 61.2 Å². The Morgan fingerprint density at radius 1 is 1.00 bits per heavy atom. The lowest BCUT2D eigenvalue weighted by atomic mass is 10.0. The molecule has 6 nitrogen and oxygen atoms in total. The summed E-state index contributed by atoms with van der Waals surface area (Å²) >= 11 is 0. The second kappa shape index (κ2) is 12.8. The van der Waals surface area contributed by atoms with Crippen LogP contribution in [0.25, 0.3) is 0 Å². The third kappa shape index (κ3) is 7.20. The lowest BCUT2D eigenvalue weighted by Gasteiger charge is -2.36. The van der Waals surface area contributed by atoms with Gasteiger partial charge in [0.2, 0.25) is 0 Å². The van der Waals surface area contributed by atoms with Gasteiger partial charge in [-0.1, -0.05) is 25.7 Å². The number of piperidine rings is 1. The Labute approximate surface area is 205 Å². The number of aliphatic imine (C=N–C) groups is 1. The molecule has 0 radical (unpaired) electrons. The van der Waals surface area contributed by atoms with Crippen LogP contribution in [0, 0.1) is 0 Å². The molecule has 174 valence electrons. The molecule has 7 heteroatoms. The van der Waals surface area contributed by atoms with Crippen LogP contribution in [0.3, 0.4) is 0 Å². The van der Waals surface area contributed by atoms with E-state index >= 15 is 0 Å². The Balaban J connectivity index is 0.00000272. The van der Waals surface area contributed by atoms with Gasteiger partial charge in [0.15, 0.2) is 5.96 Å². The molecule has 0 amide bonds. The van der Waals surface area contributed by atoms with E-state index in [1.165, 1.54) is 82.9 Å². The number of aromatic nitrogens is 1. The zero-order valence-electron chi connectivity index (χ0n) is 19.2. The first-order chi connectivity index (χ1) is 14.8. The predicted molar refractivity (Wildman–Crippen MR) is 141 cm³/mol. The third-order valence-corrected chi connectivity index (χ3v) is 7.14. The van der Waals surface area contributed by atoms with Crippen LogP contribution in [0.15, 0.2) is 23.3 Å². The average molecular weight is 541 g/mol. The fraction of sp³-hybridized carbons (Fsp3) is 0.750. The van der Waals surface area contributed by atoms with Gasteiger partial charge in [0.25, 0.3) is 0 Å². The summed E-state index contributed by atoms with van der Waals surface area (Å²) in [6.07, 6.45) is 15.3. The molecular weight excluding hydrogens is 499 g/mol. The van der Waals surface area contributed by atoms with Crippen molar-refractivity contribution in [3.63, 3.8) is 0 Å². The Morgan fingerprint density at radius 2 is 1.71 bits per heavy atom. The Kier molecular flexibility index (Phi) is 10.2. The van der Waals surface area contributed by atoms with Gasteiger partial charge in [-0.3, -0.25) is 4.99 Å². The van der Waals surface area contributed by atoms with Gasteiger partial charge in [-0.05, 0) is 56.2 Å². The monoisotopic (exact) mass is 540 g/mol. The normalized spacial score (nSPS) is 22.1. The number of pyridine rings is 1. The number of nitrogens with zero attached hydrogens (tertiary/aromatic N) is 4. The number of hydrogen-bond donors (Lipinski definition) is 2. The number of rotatable bonds is 5. The van der Waals surface area contributed by atoms with Gasteiger partial charge in [0.05, 0.1) is 0 Å². The van der Waals surface area contributed by atoms with Crippen LogP contribution in [0.1, 0.15) is 69.8 Å². The third-order valence-electron chi connectivity index (χ3n) is 7.14. The smallest absolute Gasteiger partial charge is 0.191 e. The minimum Gasteiger partial charge on any atom is -0.357 e. The largest absolute Gasteiger partial charge is 0.357 e. The minimum atomic E-state index is 0. The fourth-order valence-electron chi connectivity index (χ4n) is 5.30. The molecule has 3 heterocycles. The highest BCUT2D eigenvalue weighted by molar-refractivity contribution is 14.0. The summed E-state index contributed by atoms with van der Waals surface area (Å²) in [5.74, 6) is 2.04. The lowest BCUT2D eigenvalue weighted by Crippen LogP contribution is -2.50. The second-order valence-corrected chi connectivity index (χ2v) is 9.24. The van der Waals surface area contributed by atoms with Crippen LogP contribution in [-0.2, 0) is 6.54 Å². The quantitative estimate of drug-likeness (QED) is 0.334. The number of nitrogens with one attached hydrogen (secondary N) is 2. The first kappa shape index (κ1) is 24.6. The molecule has 0 bridgehead atoms. The van der Waals surface area contributed by atoms with Crippen LogP contribution in [0.4, 0.5) is 5.82 Å². The molecule has 1 aromatic rings. The fourth-order valence-corrected chi connectivity index (χ4v) is 5.30. The highest BCUT2D eigenvalue weighted by Crippen LogP contribution is 2.26. The zero-order chi connectivity index (χ0) is 20.6. The second-order valence-electron chi connectivity index (χ2n) is 9.24. The van der Waals surface area contributed by atoms with Crippen molar-refractivity contribution in [2.45, 2.75) is 82.8 Å². The molecule has 0 atom stereocenters.